The van der Waals surface area contributed by atoms with Crippen LogP contribution in [0.25, 0.3) is 0 Å². The Labute approximate surface area is 193 Å². The number of rotatable bonds is 5. The van der Waals surface area contributed by atoms with Crippen molar-refractivity contribution in [3.8, 4) is 5.75 Å². The molecule has 170 valence electrons. The lowest BCUT2D eigenvalue weighted by molar-refractivity contribution is -0.125. The Balaban J connectivity index is 1.52. The highest BCUT2D eigenvalue weighted by atomic mass is 35.5. The number of nitrogens with zero attached hydrogens (tertiary/aromatic N) is 1. The zero-order chi connectivity index (χ0) is 22.5. The Kier molecular flexibility index (Phi) is 5.47. The van der Waals surface area contributed by atoms with Gasteiger partial charge in [0, 0.05) is 31.1 Å². The Hall–Kier alpha value is -2.09. The molecule has 5 rings (SSSR count). The van der Waals surface area contributed by atoms with E-state index in [1.165, 1.54) is 6.07 Å². The van der Waals surface area contributed by atoms with Crippen molar-refractivity contribution in [3.63, 3.8) is 0 Å². The van der Waals surface area contributed by atoms with Gasteiger partial charge >= 0.3 is 0 Å². The first kappa shape index (κ1) is 21.7. The summed E-state index contributed by atoms with van der Waals surface area (Å²) < 4.78 is 35.2. The van der Waals surface area contributed by atoms with Gasteiger partial charge in [0.1, 0.15) is 22.5 Å². The van der Waals surface area contributed by atoms with E-state index < -0.39 is 15.4 Å². The van der Waals surface area contributed by atoms with Gasteiger partial charge in [0.05, 0.1) is 16.1 Å². The molecule has 1 saturated heterocycles. The molecule has 2 aromatic rings. The molecule has 32 heavy (non-hydrogen) atoms. The third-order valence-corrected chi connectivity index (χ3v) is 9.02. The van der Waals surface area contributed by atoms with Crippen molar-refractivity contribution in [2.24, 2.45) is 0 Å². The zero-order valence-electron chi connectivity index (χ0n) is 18.1. The molecule has 0 amide bonds. The number of ether oxygens (including phenoxy) is 1. The zero-order valence-corrected chi connectivity index (χ0v) is 19.6. The highest BCUT2D eigenvalue weighted by Gasteiger charge is 2.51. The van der Waals surface area contributed by atoms with Crippen LogP contribution in [-0.2, 0) is 26.7 Å². The molecule has 0 atom stereocenters. The number of anilines is 1. The highest BCUT2D eigenvalue weighted by Crippen LogP contribution is 2.53. The molecule has 1 N–H and O–H groups in total. The fourth-order valence-corrected chi connectivity index (χ4v) is 6.69. The minimum absolute atomic E-state index is 0.0226. The number of halogens is 1. The molecule has 1 saturated carbocycles. The molecule has 6 nitrogen and oxygen atoms in total. The lowest BCUT2D eigenvalue weighted by atomic mass is 9.64. The molecule has 8 heteroatoms. The summed E-state index contributed by atoms with van der Waals surface area (Å²) in [7, 11) is -1.79. The Morgan fingerprint density at radius 3 is 2.53 bits per heavy atom. The second-order valence-electron chi connectivity index (χ2n) is 9.19. The van der Waals surface area contributed by atoms with E-state index in [1.54, 1.807) is 24.3 Å². The van der Waals surface area contributed by atoms with Crippen LogP contribution >= 0.6 is 11.6 Å². The highest BCUT2D eigenvalue weighted by molar-refractivity contribution is 7.92. The number of carbonyl (C=O) groups excluding carboxylic acids is 1. The summed E-state index contributed by atoms with van der Waals surface area (Å²) in [6.07, 6.45) is 4.85. The summed E-state index contributed by atoms with van der Waals surface area (Å²) in [6.45, 7) is 1.91. The molecule has 3 aliphatic rings. The van der Waals surface area contributed by atoms with Gasteiger partial charge in [-0.2, -0.15) is 0 Å². The molecule has 1 aliphatic heterocycles. The van der Waals surface area contributed by atoms with E-state index in [9.17, 15) is 13.2 Å². The van der Waals surface area contributed by atoms with Crippen LogP contribution in [0.4, 0.5) is 5.69 Å². The number of hydrogen-bond acceptors (Lipinski definition) is 5. The quantitative estimate of drug-likeness (QED) is 0.704. The van der Waals surface area contributed by atoms with Crippen molar-refractivity contribution in [2.75, 3.05) is 24.9 Å². The predicted molar refractivity (Wildman–Crippen MR) is 124 cm³/mol. The Morgan fingerprint density at radius 1 is 1.16 bits per heavy atom. The van der Waals surface area contributed by atoms with Gasteiger partial charge < -0.3 is 9.64 Å². The van der Waals surface area contributed by atoms with Gasteiger partial charge in [-0.1, -0.05) is 30.2 Å². The molecule has 0 unspecified atom stereocenters. The van der Waals surface area contributed by atoms with E-state index in [0.29, 0.717) is 17.9 Å². The molecule has 2 aromatic carbocycles. The average molecular weight is 475 g/mol. The van der Waals surface area contributed by atoms with Crippen molar-refractivity contribution in [3.05, 3.63) is 52.5 Å². The number of nitrogens with one attached hydrogen (secondary N) is 1. The van der Waals surface area contributed by atoms with Crippen LogP contribution in [0.3, 0.4) is 0 Å². The fourth-order valence-electron chi connectivity index (χ4n) is 5.13. The number of piperidine rings is 1. The molecule has 2 aliphatic carbocycles. The van der Waals surface area contributed by atoms with Crippen molar-refractivity contribution in [1.82, 2.24) is 4.90 Å². The number of sulfonamides is 1. The number of fused-ring (bicyclic) bond motifs is 2. The largest absolute Gasteiger partial charge is 0.490 e. The first-order chi connectivity index (χ1) is 15.3. The van der Waals surface area contributed by atoms with E-state index in [4.69, 9.17) is 16.3 Å². The summed E-state index contributed by atoms with van der Waals surface area (Å²) in [4.78, 5) is 15.3. The Morgan fingerprint density at radius 2 is 1.88 bits per heavy atom. The van der Waals surface area contributed by atoms with E-state index >= 15 is 0 Å². The molecule has 2 fully saturated rings. The van der Waals surface area contributed by atoms with E-state index in [1.807, 2.05) is 6.07 Å². The SMILES string of the molecule is CN1CCC(Oc2cc(NS(=O)(=O)c3ccccc3Cl)cc3c2CC(=O)C32CCC2)CC1. The number of Topliss-reactive ketones (excluding diaryl/α,β-unsaturated/α-hetero) is 1. The van der Waals surface area contributed by atoms with E-state index in [0.717, 1.165) is 56.3 Å². The fraction of sp³-hybridized carbons (Fsp3) is 0.458. The van der Waals surface area contributed by atoms with Crippen molar-refractivity contribution >= 4 is 33.1 Å². The maximum atomic E-state index is 13.1. The first-order valence-corrected chi connectivity index (χ1v) is 13.0. The van der Waals surface area contributed by atoms with E-state index in [-0.39, 0.29) is 21.8 Å². The Bertz CT molecular complexity index is 1170. The monoisotopic (exact) mass is 474 g/mol. The van der Waals surface area contributed by atoms with Gasteiger partial charge in [0.2, 0.25) is 0 Å². The van der Waals surface area contributed by atoms with Crippen LogP contribution in [0.2, 0.25) is 5.02 Å². The number of carbonyl (C=O) groups is 1. The molecule has 1 heterocycles. The summed E-state index contributed by atoms with van der Waals surface area (Å²) >= 11 is 6.14. The van der Waals surface area contributed by atoms with Gasteiger partial charge in [-0.3, -0.25) is 9.52 Å². The second kappa shape index (κ2) is 8.04. The maximum absolute atomic E-state index is 13.1. The summed E-state index contributed by atoms with van der Waals surface area (Å²) in [5, 5.41) is 0.162. The van der Waals surface area contributed by atoms with E-state index in [2.05, 4.69) is 16.7 Å². The minimum Gasteiger partial charge on any atom is -0.490 e. The third kappa shape index (κ3) is 3.70. The summed E-state index contributed by atoms with van der Waals surface area (Å²) in [6, 6.07) is 9.92. The van der Waals surface area contributed by atoms with Gasteiger partial charge in [-0.15, -0.1) is 0 Å². The first-order valence-electron chi connectivity index (χ1n) is 11.1. The van der Waals surface area contributed by atoms with Crippen LogP contribution in [0.15, 0.2) is 41.3 Å². The molecular weight excluding hydrogens is 448 g/mol. The molecular formula is C24H27ClN2O4S. The number of ketones is 1. The topological polar surface area (TPSA) is 75.7 Å². The van der Waals surface area contributed by atoms with Crippen molar-refractivity contribution in [2.45, 2.75) is 54.9 Å². The van der Waals surface area contributed by atoms with Gasteiger partial charge in [-0.25, -0.2) is 8.42 Å². The average Bonchev–Trinajstić information content (AvgIpc) is 3.02. The number of likely N-dealkylation sites (tertiary alicyclic amines) is 1. The maximum Gasteiger partial charge on any atom is 0.263 e. The minimum atomic E-state index is -3.89. The standard InChI is InChI=1S/C24H27ClN2O4S/c1-27-11-7-17(8-12-27)31-21-14-16(26-32(29,30)22-6-3-2-5-20(22)25)13-19-18(21)15-23(28)24(19)9-4-10-24/h2-3,5-6,13-14,17,26H,4,7-12,15H2,1H3. The third-order valence-electron chi connectivity index (χ3n) is 7.14. The normalized spacial score (nSPS) is 20.8. The van der Waals surface area contributed by atoms with Crippen LogP contribution in [-0.4, -0.2) is 45.3 Å². The van der Waals surface area contributed by atoms with Crippen LogP contribution < -0.4 is 9.46 Å². The lowest BCUT2D eigenvalue weighted by Crippen LogP contribution is -2.39. The molecule has 0 radical (unpaired) electrons. The van der Waals surface area contributed by atoms with Crippen LogP contribution in [0.1, 0.15) is 43.2 Å². The smallest absolute Gasteiger partial charge is 0.263 e. The lowest BCUT2D eigenvalue weighted by Gasteiger charge is -2.38. The van der Waals surface area contributed by atoms with Gasteiger partial charge in [-0.05, 0) is 56.5 Å². The van der Waals surface area contributed by atoms with Gasteiger partial charge in [0.25, 0.3) is 10.0 Å². The van der Waals surface area contributed by atoms with Gasteiger partial charge in [0.15, 0.2) is 0 Å². The number of hydrogen-bond donors (Lipinski definition) is 1. The van der Waals surface area contributed by atoms with Crippen LogP contribution in [0.5, 0.6) is 5.75 Å². The predicted octanol–water partition coefficient (Wildman–Crippen LogP) is 4.16. The van der Waals surface area contributed by atoms with Crippen LogP contribution in [0, 0.1) is 0 Å². The number of benzene rings is 2. The summed E-state index contributed by atoms with van der Waals surface area (Å²) in [5.74, 6) is 0.851. The van der Waals surface area contributed by atoms with Crippen molar-refractivity contribution < 1.29 is 17.9 Å². The molecule has 0 aromatic heterocycles. The summed E-state index contributed by atoms with van der Waals surface area (Å²) in [5.41, 5.74) is 1.78. The molecule has 0 bridgehead atoms. The molecule has 1 spiro atoms. The van der Waals surface area contributed by atoms with Crippen molar-refractivity contribution in [1.29, 1.82) is 0 Å². The second-order valence-corrected chi connectivity index (χ2v) is 11.3.